The molecular formula is C10H20N2O2. The molecule has 1 heterocycles. The Morgan fingerprint density at radius 1 is 0.857 bits per heavy atom. The van der Waals surface area contributed by atoms with E-state index in [1.54, 1.807) is 0 Å². The smallest absolute Gasteiger partial charge is 0.0893 e. The molecule has 0 radical (unpaired) electrons. The van der Waals surface area contributed by atoms with E-state index < -0.39 is 0 Å². The summed E-state index contributed by atoms with van der Waals surface area (Å²) in [6, 6.07) is 0. The maximum atomic E-state index is 8.67. The minimum absolute atomic E-state index is 0.259. The molecule has 0 atom stereocenters. The van der Waals surface area contributed by atoms with Gasteiger partial charge in [-0.2, -0.15) is 0 Å². The zero-order valence-electron chi connectivity index (χ0n) is 8.60. The second-order valence-corrected chi connectivity index (χ2v) is 3.57. The average molecular weight is 200 g/mol. The van der Waals surface area contributed by atoms with Gasteiger partial charge in [-0.1, -0.05) is 0 Å². The molecular weight excluding hydrogens is 180 g/mol. The summed E-state index contributed by atoms with van der Waals surface area (Å²) in [6.07, 6.45) is 6.88. The van der Waals surface area contributed by atoms with Gasteiger partial charge in [0.05, 0.1) is 6.67 Å². The molecule has 14 heavy (non-hydrogen) atoms. The van der Waals surface area contributed by atoms with Crippen molar-refractivity contribution in [3.05, 3.63) is 12.4 Å². The number of aliphatic hydroxyl groups is 2. The molecule has 0 aromatic heterocycles. The van der Waals surface area contributed by atoms with Crippen molar-refractivity contribution < 1.29 is 10.2 Å². The van der Waals surface area contributed by atoms with Gasteiger partial charge in [0.25, 0.3) is 0 Å². The Kier molecular flexibility index (Phi) is 5.40. The second kappa shape index (κ2) is 6.68. The Labute approximate surface area is 85.4 Å². The molecule has 1 rings (SSSR count). The predicted octanol–water partition coefficient (Wildman–Crippen LogP) is 0.188. The molecule has 0 aromatic carbocycles. The van der Waals surface area contributed by atoms with E-state index in [1.807, 2.05) is 0 Å². The first-order valence-electron chi connectivity index (χ1n) is 5.25. The molecule has 0 saturated carbocycles. The van der Waals surface area contributed by atoms with Crippen LogP contribution in [0.5, 0.6) is 0 Å². The Balaban J connectivity index is 2.06. The summed E-state index contributed by atoms with van der Waals surface area (Å²) in [4.78, 5) is 4.42. The lowest BCUT2D eigenvalue weighted by Crippen LogP contribution is -2.27. The van der Waals surface area contributed by atoms with Gasteiger partial charge in [0.1, 0.15) is 0 Å². The van der Waals surface area contributed by atoms with Crippen molar-refractivity contribution in [1.82, 2.24) is 9.80 Å². The normalized spacial score (nSPS) is 15.6. The number of nitrogens with zero attached hydrogens (tertiary/aromatic N) is 2. The third-order valence-corrected chi connectivity index (χ3v) is 2.31. The lowest BCUT2D eigenvalue weighted by Gasteiger charge is -2.20. The summed E-state index contributed by atoms with van der Waals surface area (Å²) in [6.45, 7) is 3.39. The molecule has 0 aromatic rings. The highest BCUT2D eigenvalue weighted by atomic mass is 16.3. The van der Waals surface area contributed by atoms with Crippen molar-refractivity contribution in [3.8, 4) is 0 Å². The SMILES string of the molecule is OCCCCN1C=CN(CCCO)C1. The molecule has 0 spiro atoms. The summed E-state index contributed by atoms with van der Waals surface area (Å²) in [5.41, 5.74) is 0. The summed E-state index contributed by atoms with van der Waals surface area (Å²) in [5.74, 6) is 0. The lowest BCUT2D eigenvalue weighted by molar-refractivity contribution is 0.222. The first kappa shape index (κ1) is 11.3. The maximum Gasteiger partial charge on any atom is 0.0893 e. The van der Waals surface area contributed by atoms with Gasteiger partial charge in [-0.05, 0) is 19.3 Å². The Bertz CT molecular complexity index is 174. The zero-order chi connectivity index (χ0) is 10.2. The van der Waals surface area contributed by atoms with Gasteiger partial charge in [-0.25, -0.2) is 0 Å². The number of hydrogen-bond acceptors (Lipinski definition) is 4. The van der Waals surface area contributed by atoms with Crippen molar-refractivity contribution in [3.63, 3.8) is 0 Å². The Morgan fingerprint density at radius 3 is 2.00 bits per heavy atom. The van der Waals surface area contributed by atoms with Crippen LogP contribution in [0.3, 0.4) is 0 Å². The summed E-state index contributed by atoms with van der Waals surface area (Å²) >= 11 is 0. The fraction of sp³-hybridized carbons (Fsp3) is 0.800. The fourth-order valence-electron chi connectivity index (χ4n) is 1.51. The first-order valence-corrected chi connectivity index (χ1v) is 5.25. The number of rotatable bonds is 7. The van der Waals surface area contributed by atoms with E-state index in [4.69, 9.17) is 10.2 Å². The van der Waals surface area contributed by atoms with E-state index in [0.29, 0.717) is 0 Å². The summed E-state index contributed by atoms with van der Waals surface area (Å²) in [7, 11) is 0. The number of aliphatic hydroxyl groups excluding tert-OH is 2. The second-order valence-electron chi connectivity index (χ2n) is 3.57. The molecule has 1 aliphatic heterocycles. The minimum atomic E-state index is 0.259. The van der Waals surface area contributed by atoms with E-state index in [1.165, 1.54) is 0 Å². The highest BCUT2D eigenvalue weighted by molar-refractivity contribution is 4.90. The highest BCUT2D eigenvalue weighted by Gasteiger charge is 2.10. The molecule has 2 N–H and O–H groups in total. The van der Waals surface area contributed by atoms with Crippen LogP contribution >= 0.6 is 0 Å². The molecule has 82 valence electrons. The molecule has 0 bridgehead atoms. The summed E-state index contributed by atoms with van der Waals surface area (Å²) < 4.78 is 0. The third kappa shape index (κ3) is 3.98. The monoisotopic (exact) mass is 200 g/mol. The minimum Gasteiger partial charge on any atom is -0.396 e. The average Bonchev–Trinajstić information content (AvgIpc) is 2.63. The van der Waals surface area contributed by atoms with Crippen LogP contribution in [-0.4, -0.2) is 53.0 Å². The third-order valence-electron chi connectivity index (χ3n) is 2.31. The lowest BCUT2D eigenvalue weighted by atomic mass is 10.3. The quantitative estimate of drug-likeness (QED) is 0.576. The van der Waals surface area contributed by atoms with Gasteiger partial charge in [-0.15, -0.1) is 0 Å². The van der Waals surface area contributed by atoms with Crippen LogP contribution in [0.25, 0.3) is 0 Å². The van der Waals surface area contributed by atoms with E-state index in [9.17, 15) is 0 Å². The fourth-order valence-corrected chi connectivity index (χ4v) is 1.51. The van der Waals surface area contributed by atoms with Gasteiger partial charge in [-0.3, -0.25) is 0 Å². The Hall–Kier alpha value is -0.740. The van der Waals surface area contributed by atoms with Gasteiger partial charge in [0, 0.05) is 38.7 Å². The molecule has 4 nitrogen and oxygen atoms in total. The van der Waals surface area contributed by atoms with Gasteiger partial charge < -0.3 is 20.0 Å². The molecule has 0 fully saturated rings. The van der Waals surface area contributed by atoms with Crippen molar-refractivity contribution in [2.45, 2.75) is 19.3 Å². The number of unbranched alkanes of at least 4 members (excludes halogenated alkanes) is 1. The van der Waals surface area contributed by atoms with Gasteiger partial charge >= 0.3 is 0 Å². The number of hydrogen-bond donors (Lipinski definition) is 2. The van der Waals surface area contributed by atoms with Crippen LogP contribution in [0.2, 0.25) is 0 Å². The van der Waals surface area contributed by atoms with Crippen LogP contribution in [0.1, 0.15) is 19.3 Å². The molecule has 0 saturated heterocycles. The van der Waals surface area contributed by atoms with Crippen LogP contribution in [0, 0.1) is 0 Å². The molecule has 0 amide bonds. The predicted molar refractivity (Wildman–Crippen MR) is 55.4 cm³/mol. The van der Waals surface area contributed by atoms with E-state index >= 15 is 0 Å². The zero-order valence-corrected chi connectivity index (χ0v) is 8.60. The highest BCUT2D eigenvalue weighted by Crippen LogP contribution is 2.07. The topological polar surface area (TPSA) is 46.9 Å². The first-order chi connectivity index (χ1) is 6.86. The molecule has 0 aliphatic carbocycles. The maximum absolute atomic E-state index is 8.67. The van der Waals surface area contributed by atoms with Crippen LogP contribution in [-0.2, 0) is 0 Å². The standard InChI is InChI=1S/C10H20N2O2/c13-8-2-1-4-11-6-7-12(10-11)5-3-9-14/h6-7,13-14H,1-5,8-10H2. The van der Waals surface area contributed by atoms with Crippen molar-refractivity contribution in [2.75, 3.05) is 33.0 Å². The largest absolute Gasteiger partial charge is 0.396 e. The Morgan fingerprint density at radius 2 is 1.43 bits per heavy atom. The molecule has 1 aliphatic rings. The van der Waals surface area contributed by atoms with Gasteiger partial charge in [0.2, 0.25) is 0 Å². The van der Waals surface area contributed by atoms with Gasteiger partial charge in [0.15, 0.2) is 0 Å². The van der Waals surface area contributed by atoms with Crippen LogP contribution in [0.15, 0.2) is 12.4 Å². The van der Waals surface area contributed by atoms with E-state index in [-0.39, 0.29) is 13.2 Å². The van der Waals surface area contributed by atoms with Crippen molar-refractivity contribution >= 4 is 0 Å². The van der Waals surface area contributed by atoms with E-state index in [0.717, 1.165) is 39.0 Å². The van der Waals surface area contributed by atoms with Crippen molar-refractivity contribution in [2.24, 2.45) is 0 Å². The van der Waals surface area contributed by atoms with Crippen LogP contribution < -0.4 is 0 Å². The van der Waals surface area contributed by atoms with Crippen molar-refractivity contribution in [1.29, 1.82) is 0 Å². The molecule has 4 heteroatoms. The van der Waals surface area contributed by atoms with E-state index in [2.05, 4.69) is 22.2 Å². The summed E-state index contributed by atoms with van der Waals surface area (Å²) in [5, 5.41) is 17.3. The molecule has 0 unspecified atom stereocenters. The van der Waals surface area contributed by atoms with Crippen LogP contribution in [0.4, 0.5) is 0 Å².